The lowest BCUT2D eigenvalue weighted by molar-refractivity contribution is 0.474. The molecule has 0 fully saturated rings. The van der Waals surface area contributed by atoms with Crippen LogP contribution in [-0.4, -0.2) is 15.4 Å². The number of nitrogens with one attached hydrogen (secondary N) is 1. The quantitative estimate of drug-likeness (QED) is 0.292. The Morgan fingerprint density at radius 2 is 2.29 bits per heavy atom. The van der Waals surface area contributed by atoms with Gasteiger partial charge in [-0.25, -0.2) is 4.79 Å². The van der Waals surface area contributed by atoms with Crippen LogP contribution < -0.4 is 17.1 Å². The van der Waals surface area contributed by atoms with E-state index in [0.717, 1.165) is 0 Å². The van der Waals surface area contributed by atoms with Crippen LogP contribution in [0.2, 0.25) is 0 Å². The number of hydrogen-bond donors (Lipinski definition) is 2. The molecule has 2 aromatic rings. The van der Waals surface area contributed by atoms with Gasteiger partial charge in [0, 0.05) is 6.54 Å². The zero-order valence-electron chi connectivity index (χ0n) is 11.8. The molecule has 0 aliphatic carbocycles. The van der Waals surface area contributed by atoms with E-state index < -0.39 is 5.69 Å². The maximum absolute atomic E-state index is 12.5. The van der Waals surface area contributed by atoms with E-state index in [1.165, 1.54) is 22.2 Å². The first-order valence-electron chi connectivity index (χ1n) is 6.37. The first-order chi connectivity index (χ1) is 10.0. The number of hydrazone groups is 1. The zero-order valence-corrected chi connectivity index (χ0v) is 12.6. The number of rotatable bonds is 4. The third-order valence-electron chi connectivity index (χ3n) is 3.03. The van der Waals surface area contributed by atoms with Crippen molar-refractivity contribution in [2.24, 2.45) is 10.9 Å². The molecule has 2 rings (SSSR count). The van der Waals surface area contributed by atoms with Gasteiger partial charge < -0.3 is 10.6 Å². The Morgan fingerprint density at radius 1 is 1.57 bits per heavy atom. The third-order valence-corrected chi connectivity index (χ3v) is 4.22. The van der Waals surface area contributed by atoms with Crippen LogP contribution in [0.25, 0.3) is 10.2 Å². The minimum absolute atomic E-state index is 0.158. The molecule has 0 saturated carbocycles. The lowest BCUT2D eigenvalue weighted by atomic mass is 10.2. The van der Waals surface area contributed by atoms with E-state index in [1.54, 1.807) is 6.92 Å². The summed E-state index contributed by atoms with van der Waals surface area (Å²) in [4.78, 5) is 28.2. The summed E-state index contributed by atoms with van der Waals surface area (Å²) >= 11 is 1.20. The highest BCUT2D eigenvalue weighted by molar-refractivity contribution is 7.20. The molecule has 8 heteroatoms. The van der Waals surface area contributed by atoms with E-state index in [0.29, 0.717) is 33.6 Å². The van der Waals surface area contributed by atoms with Crippen LogP contribution in [0.4, 0.5) is 0 Å². The molecule has 2 aromatic heterocycles. The first-order valence-corrected chi connectivity index (χ1v) is 7.18. The molecule has 0 bridgehead atoms. The van der Waals surface area contributed by atoms with Crippen LogP contribution in [0.15, 0.2) is 27.5 Å². The molecule has 7 nitrogen and oxygen atoms in total. The van der Waals surface area contributed by atoms with Crippen LogP contribution in [0, 0.1) is 6.92 Å². The predicted molar refractivity (Wildman–Crippen MR) is 83.7 cm³/mol. The maximum atomic E-state index is 12.5. The minimum Gasteiger partial charge on any atom is -0.445 e. The standard InChI is InChI=1S/C13H16N4O3S/c1-4-6-17-12(18)8-7(3)9(10(16-14)20-5-2)21-11(8)15-13(17)19/h5H,2,4,6,14H2,1,3H3,(H,15,19)/b16-10-. The normalized spacial score (nSPS) is 11.8. The van der Waals surface area contributed by atoms with Gasteiger partial charge in [0.25, 0.3) is 11.5 Å². The number of fused-ring (bicyclic) bond motifs is 1. The van der Waals surface area contributed by atoms with Crippen LogP contribution in [0.3, 0.4) is 0 Å². The molecule has 0 spiro atoms. The number of nitrogens with zero attached hydrogens (tertiary/aromatic N) is 2. The van der Waals surface area contributed by atoms with Crippen LogP contribution in [0.5, 0.6) is 0 Å². The summed E-state index contributed by atoms with van der Waals surface area (Å²) in [6.07, 6.45) is 1.90. The molecular weight excluding hydrogens is 292 g/mol. The molecule has 0 aliphatic rings. The molecule has 2 heterocycles. The highest BCUT2D eigenvalue weighted by Crippen LogP contribution is 2.27. The van der Waals surface area contributed by atoms with Crippen molar-refractivity contribution in [1.82, 2.24) is 9.55 Å². The van der Waals surface area contributed by atoms with Crippen molar-refractivity contribution in [2.75, 3.05) is 0 Å². The van der Waals surface area contributed by atoms with E-state index in [-0.39, 0.29) is 11.5 Å². The van der Waals surface area contributed by atoms with E-state index in [4.69, 9.17) is 10.6 Å². The SMILES string of the molecule is C=CO/C(=N\N)c1sc2[nH]c(=O)n(CCC)c(=O)c2c1C. The van der Waals surface area contributed by atoms with Crippen molar-refractivity contribution < 1.29 is 4.74 Å². The summed E-state index contributed by atoms with van der Waals surface area (Å²) in [6.45, 7) is 7.49. The summed E-state index contributed by atoms with van der Waals surface area (Å²) in [5.74, 6) is 5.45. The summed E-state index contributed by atoms with van der Waals surface area (Å²) in [7, 11) is 0. The molecule has 0 amide bonds. The van der Waals surface area contributed by atoms with Gasteiger partial charge in [-0.05, 0) is 18.9 Å². The van der Waals surface area contributed by atoms with E-state index in [9.17, 15) is 9.59 Å². The van der Waals surface area contributed by atoms with Gasteiger partial charge in [0.1, 0.15) is 4.83 Å². The monoisotopic (exact) mass is 308 g/mol. The van der Waals surface area contributed by atoms with Gasteiger partial charge in [-0.15, -0.1) is 16.4 Å². The Balaban J connectivity index is 2.78. The van der Waals surface area contributed by atoms with Crippen molar-refractivity contribution in [2.45, 2.75) is 26.8 Å². The highest BCUT2D eigenvalue weighted by Gasteiger charge is 2.19. The predicted octanol–water partition coefficient (Wildman–Crippen LogP) is 1.25. The summed E-state index contributed by atoms with van der Waals surface area (Å²) in [6, 6.07) is 0. The number of ether oxygens (including phenoxy) is 1. The molecule has 0 aromatic carbocycles. The summed E-state index contributed by atoms with van der Waals surface area (Å²) < 4.78 is 6.33. The molecule has 21 heavy (non-hydrogen) atoms. The number of aryl methyl sites for hydroxylation is 1. The topological polar surface area (TPSA) is 102 Å². The second-order valence-corrected chi connectivity index (χ2v) is 5.39. The van der Waals surface area contributed by atoms with E-state index in [1.807, 2.05) is 6.92 Å². The number of thiophene rings is 1. The average molecular weight is 308 g/mol. The molecule has 0 aliphatic heterocycles. The van der Waals surface area contributed by atoms with Gasteiger partial charge in [-0.2, -0.15) is 0 Å². The smallest absolute Gasteiger partial charge is 0.329 e. The van der Waals surface area contributed by atoms with Gasteiger partial charge in [0.05, 0.1) is 16.5 Å². The van der Waals surface area contributed by atoms with Crippen LogP contribution in [0.1, 0.15) is 23.8 Å². The molecule has 0 radical (unpaired) electrons. The Kier molecular flexibility index (Phi) is 4.27. The molecule has 112 valence electrons. The first kappa shape index (κ1) is 15.0. The zero-order chi connectivity index (χ0) is 15.6. The summed E-state index contributed by atoms with van der Waals surface area (Å²) in [5.41, 5.74) is -0.0595. The van der Waals surface area contributed by atoms with Gasteiger partial charge in [0.15, 0.2) is 0 Å². The Hall–Kier alpha value is -2.35. The van der Waals surface area contributed by atoms with Gasteiger partial charge >= 0.3 is 5.69 Å². The molecule has 3 N–H and O–H groups in total. The number of aromatic nitrogens is 2. The fourth-order valence-electron chi connectivity index (χ4n) is 2.10. The lowest BCUT2D eigenvalue weighted by Crippen LogP contribution is -2.34. The second kappa shape index (κ2) is 5.96. The van der Waals surface area contributed by atoms with Crippen molar-refractivity contribution in [3.63, 3.8) is 0 Å². The van der Waals surface area contributed by atoms with Gasteiger partial charge in [-0.3, -0.25) is 14.3 Å². The number of H-pyrrole nitrogens is 1. The number of aromatic amines is 1. The Labute approximate surface area is 124 Å². The average Bonchev–Trinajstić information content (AvgIpc) is 2.77. The molecule has 0 atom stereocenters. The van der Waals surface area contributed by atoms with Crippen LogP contribution >= 0.6 is 11.3 Å². The Morgan fingerprint density at radius 3 is 2.86 bits per heavy atom. The number of hydrogen-bond acceptors (Lipinski definition) is 6. The minimum atomic E-state index is -0.418. The van der Waals surface area contributed by atoms with Crippen molar-refractivity contribution in [3.05, 3.63) is 44.1 Å². The lowest BCUT2D eigenvalue weighted by Gasteiger charge is -2.03. The van der Waals surface area contributed by atoms with E-state index >= 15 is 0 Å². The highest BCUT2D eigenvalue weighted by atomic mass is 32.1. The third kappa shape index (κ3) is 2.49. The fraction of sp³-hybridized carbons (Fsp3) is 0.308. The van der Waals surface area contributed by atoms with Gasteiger partial charge in [-0.1, -0.05) is 13.5 Å². The second-order valence-electron chi connectivity index (χ2n) is 4.37. The van der Waals surface area contributed by atoms with Crippen molar-refractivity contribution >= 4 is 27.5 Å². The van der Waals surface area contributed by atoms with Crippen molar-refractivity contribution in [1.29, 1.82) is 0 Å². The molecular formula is C13H16N4O3S. The fourth-order valence-corrected chi connectivity index (χ4v) is 3.23. The maximum Gasteiger partial charge on any atom is 0.329 e. The Bertz CT molecular complexity index is 828. The van der Waals surface area contributed by atoms with Crippen molar-refractivity contribution in [3.8, 4) is 0 Å². The largest absolute Gasteiger partial charge is 0.445 e. The van der Waals surface area contributed by atoms with Gasteiger partial charge in [0.2, 0.25) is 0 Å². The van der Waals surface area contributed by atoms with E-state index in [2.05, 4.69) is 16.7 Å². The molecule has 0 unspecified atom stereocenters. The number of nitrogens with two attached hydrogens (primary N) is 1. The molecule has 0 saturated heterocycles. The summed E-state index contributed by atoms with van der Waals surface area (Å²) in [5, 5.41) is 4.00. The van der Waals surface area contributed by atoms with Crippen LogP contribution in [-0.2, 0) is 11.3 Å².